The lowest BCUT2D eigenvalue weighted by Crippen LogP contribution is -2.28. The highest BCUT2D eigenvalue weighted by molar-refractivity contribution is 5.61. The van der Waals surface area contributed by atoms with Crippen LogP contribution in [0.5, 0.6) is 28.7 Å². The molecule has 1 aliphatic heterocycles. The van der Waals surface area contributed by atoms with E-state index < -0.39 is 0 Å². The second-order valence-corrected chi connectivity index (χ2v) is 10.0. The Hall–Kier alpha value is -4.42. The lowest BCUT2D eigenvalue weighted by atomic mass is 9.92. The van der Waals surface area contributed by atoms with Crippen molar-refractivity contribution in [3.63, 3.8) is 0 Å². The molecule has 0 aromatic heterocycles. The van der Waals surface area contributed by atoms with Crippen LogP contribution in [0.4, 0.5) is 0 Å². The van der Waals surface area contributed by atoms with E-state index in [1.165, 1.54) is 11.1 Å². The molecule has 212 valence electrons. The first-order valence-corrected chi connectivity index (χ1v) is 13.8. The number of fused-ring (bicyclic) bond motifs is 1. The first kappa shape index (κ1) is 28.1. The Morgan fingerprint density at radius 1 is 0.732 bits per heavy atom. The molecule has 0 radical (unpaired) electrons. The Labute approximate surface area is 242 Å². The molecule has 6 nitrogen and oxygen atoms in total. The first-order valence-electron chi connectivity index (χ1n) is 13.8. The number of benzene rings is 4. The number of aryl methyl sites for hydroxylation is 1. The Kier molecular flexibility index (Phi) is 9.12. The molecule has 41 heavy (non-hydrogen) atoms. The van der Waals surface area contributed by atoms with Gasteiger partial charge in [-0.2, -0.15) is 0 Å². The van der Waals surface area contributed by atoms with E-state index in [2.05, 4.69) is 48.7 Å². The quantitative estimate of drug-likeness (QED) is 0.215. The summed E-state index contributed by atoms with van der Waals surface area (Å²) >= 11 is 0. The summed E-state index contributed by atoms with van der Waals surface area (Å²) in [7, 11) is 5.01. The van der Waals surface area contributed by atoms with E-state index in [1.807, 2.05) is 54.6 Å². The van der Waals surface area contributed by atoms with Crippen molar-refractivity contribution in [2.24, 2.45) is 0 Å². The molecule has 4 aromatic rings. The van der Waals surface area contributed by atoms with Gasteiger partial charge in [-0.25, -0.2) is 0 Å². The van der Waals surface area contributed by atoms with Crippen LogP contribution < -0.4 is 29.0 Å². The van der Waals surface area contributed by atoms with Gasteiger partial charge in [0.1, 0.15) is 19.0 Å². The second-order valence-electron chi connectivity index (χ2n) is 10.0. The maximum atomic E-state index is 6.20. The maximum Gasteiger partial charge on any atom is 0.162 e. The lowest BCUT2D eigenvalue weighted by Gasteiger charge is -2.26. The van der Waals surface area contributed by atoms with E-state index in [-0.39, 0.29) is 6.04 Å². The van der Waals surface area contributed by atoms with Crippen LogP contribution in [0.2, 0.25) is 0 Å². The molecule has 0 saturated carbocycles. The first-order chi connectivity index (χ1) is 20.1. The highest BCUT2D eigenvalue weighted by atomic mass is 16.5. The highest BCUT2D eigenvalue weighted by Gasteiger charge is 2.21. The zero-order chi connectivity index (χ0) is 28.6. The summed E-state index contributed by atoms with van der Waals surface area (Å²) in [4.78, 5) is 0. The SMILES string of the molecule is COc1cccc(COc2cc(/C=C/C3NCCc4cc(OCc5ccccc5)c(OC)cc43)c(C)cc2OC)c1. The molecule has 0 saturated heterocycles. The smallest absolute Gasteiger partial charge is 0.162 e. The van der Waals surface area contributed by atoms with Gasteiger partial charge in [0.2, 0.25) is 0 Å². The van der Waals surface area contributed by atoms with Gasteiger partial charge in [-0.3, -0.25) is 0 Å². The Balaban J connectivity index is 1.35. The highest BCUT2D eigenvalue weighted by Crippen LogP contribution is 2.37. The van der Waals surface area contributed by atoms with Gasteiger partial charge in [-0.1, -0.05) is 54.6 Å². The van der Waals surface area contributed by atoms with E-state index in [0.29, 0.717) is 24.7 Å². The molecular formula is C35H37NO5. The summed E-state index contributed by atoms with van der Waals surface area (Å²) in [5.41, 5.74) is 6.76. The molecule has 6 heteroatoms. The van der Waals surface area contributed by atoms with Gasteiger partial charge in [0.05, 0.1) is 27.4 Å². The summed E-state index contributed by atoms with van der Waals surface area (Å²) in [5, 5.41) is 3.64. The number of hydrogen-bond acceptors (Lipinski definition) is 6. The van der Waals surface area contributed by atoms with Crippen molar-refractivity contribution in [3.05, 3.63) is 118 Å². The normalized spacial score (nSPS) is 14.4. The van der Waals surface area contributed by atoms with Crippen LogP contribution in [0.3, 0.4) is 0 Å². The molecule has 0 fully saturated rings. The molecule has 1 atom stereocenters. The van der Waals surface area contributed by atoms with Crippen LogP contribution in [0, 0.1) is 6.92 Å². The minimum Gasteiger partial charge on any atom is -0.497 e. The van der Waals surface area contributed by atoms with Crippen LogP contribution in [-0.4, -0.2) is 27.9 Å². The van der Waals surface area contributed by atoms with E-state index >= 15 is 0 Å². The molecule has 0 bridgehead atoms. The van der Waals surface area contributed by atoms with Crippen LogP contribution in [-0.2, 0) is 19.6 Å². The lowest BCUT2D eigenvalue weighted by molar-refractivity contribution is 0.283. The standard InChI is InChI=1S/C35H37NO5/c1-24-17-32(38-3)34(41-23-26-11-8-12-29(18-26)37-2)19-27(24)13-14-31-30-21-33(39-4)35(20-28(30)15-16-36-31)40-22-25-9-6-5-7-10-25/h5-14,17-21,31,36H,15-16,22-23H2,1-4H3/b14-13+. The van der Waals surface area contributed by atoms with Gasteiger partial charge >= 0.3 is 0 Å². The zero-order valence-corrected chi connectivity index (χ0v) is 24.1. The molecule has 0 amide bonds. The molecule has 1 unspecified atom stereocenters. The molecular weight excluding hydrogens is 514 g/mol. The van der Waals surface area contributed by atoms with Crippen molar-refractivity contribution >= 4 is 6.08 Å². The average molecular weight is 552 g/mol. The zero-order valence-electron chi connectivity index (χ0n) is 24.1. The minimum absolute atomic E-state index is 0.0403. The van der Waals surface area contributed by atoms with Crippen molar-refractivity contribution < 1.29 is 23.7 Å². The van der Waals surface area contributed by atoms with Crippen LogP contribution in [0.25, 0.3) is 6.08 Å². The summed E-state index contributed by atoms with van der Waals surface area (Å²) in [6, 6.07) is 26.4. The minimum atomic E-state index is 0.0403. The fraction of sp³-hybridized carbons (Fsp3) is 0.257. The molecule has 0 aliphatic carbocycles. The van der Waals surface area contributed by atoms with Crippen LogP contribution in [0.1, 0.15) is 39.4 Å². The third-order valence-electron chi connectivity index (χ3n) is 7.31. The van der Waals surface area contributed by atoms with Crippen molar-refractivity contribution in [2.75, 3.05) is 27.9 Å². The summed E-state index contributed by atoms with van der Waals surface area (Å²) < 4.78 is 29.1. The van der Waals surface area contributed by atoms with E-state index in [0.717, 1.165) is 52.5 Å². The molecule has 0 spiro atoms. The van der Waals surface area contributed by atoms with Crippen molar-refractivity contribution in [3.8, 4) is 28.7 Å². The predicted octanol–water partition coefficient (Wildman–Crippen LogP) is 7.08. The number of ether oxygens (including phenoxy) is 5. The number of rotatable bonds is 11. The van der Waals surface area contributed by atoms with Crippen LogP contribution >= 0.6 is 0 Å². The van der Waals surface area contributed by atoms with Crippen LogP contribution in [0.15, 0.2) is 84.9 Å². The Morgan fingerprint density at radius 3 is 2.20 bits per heavy atom. The Bertz CT molecular complexity index is 1500. The fourth-order valence-electron chi connectivity index (χ4n) is 5.03. The van der Waals surface area contributed by atoms with E-state index in [9.17, 15) is 0 Å². The molecule has 1 N–H and O–H groups in total. The summed E-state index contributed by atoms with van der Waals surface area (Å²) in [5.74, 6) is 3.70. The van der Waals surface area contributed by atoms with Gasteiger partial charge in [0.15, 0.2) is 23.0 Å². The van der Waals surface area contributed by atoms with Crippen molar-refractivity contribution in [2.45, 2.75) is 32.6 Å². The number of methoxy groups -OCH3 is 3. The molecule has 5 rings (SSSR count). The summed E-state index contributed by atoms with van der Waals surface area (Å²) in [6.07, 6.45) is 5.27. The predicted molar refractivity (Wildman–Crippen MR) is 162 cm³/mol. The van der Waals surface area contributed by atoms with Gasteiger partial charge in [-0.15, -0.1) is 0 Å². The third kappa shape index (κ3) is 6.84. The molecule has 1 aliphatic rings. The van der Waals surface area contributed by atoms with Crippen molar-refractivity contribution in [1.29, 1.82) is 0 Å². The largest absolute Gasteiger partial charge is 0.497 e. The number of hydrogen-bond donors (Lipinski definition) is 1. The molecule has 4 aromatic carbocycles. The van der Waals surface area contributed by atoms with Gasteiger partial charge in [0.25, 0.3) is 0 Å². The van der Waals surface area contributed by atoms with E-state index in [1.54, 1.807) is 21.3 Å². The summed E-state index contributed by atoms with van der Waals surface area (Å²) in [6.45, 7) is 3.86. The van der Waals surface area contributed by atoms with E-state index in [4.69, 9.17) is 23.7 Å². The second kappa shape index (κ2) is 13.3. The fourth-order valence-corrected chi connectivity index (χ4v) is 5.03. The average Bonchev–Trinajstić information content (AvgIpc) is 3.02. The topological polar surface area (TPSA) is 58.2 Å². The Morgan fingerprint density at radius 2 is 1.44 bits per heavy atom. The van der Waals surface area contributed by atoms with Gasteiger partial charge in [-0.05, 0) is 83.1 Å². The molecule has 1 heterocycles. The van der Waals surface area contributed by atoms with Gasteiger partial charge < -0.3 is 29.0 Å². The monoisotopic (exact) mass is 551 g/mol. The maximum absolute atomic E-state index is 6.20. The van der Waals surface area contributed by atoms with Gasteiger partial charge in [0, 0.05) is 6.54 Å². The number of nitrogens with one attached hydrogen (secondary N) is 1. The van der Waals surface area contributed by atoms with Crippen molar-refractivity contribution in [1.82, 2.24) is 5.32 Å². The third-order valence-corrected chi connectivity index (χ3v) is 7.31.